The van der Waals surface area contributed by atoms with Crippen molar-refractivity contribution in [2.45, 2.75) is 4.90 Å². The molecule has 0 saturated heterocycles. The fraction of sp³-hybridized carbons (Fsp3) is 0.214. The predicted octanol–water partition coefficient (Wildman–Crippen LogP) is 1.59. The maximum Gasteiger partial charge on any atom is 0.330 e. The van der Waals surface area contributed by atoms with Crippen LogP contribution in [0.3, 0.4) is 0 Å². The van der Waals surface area contributed by atoms with E-state index in [1.807, 2.05) is 0 Å². The molecule has 0 aliphatic rings. The molecule has 0 aliphatic carbocycles. The van der Waals surface area contributed by atoms with Crippen molar-refractivity contribution in [2.75, 3.05) is 21.2 Å². The highest BCUT2D eigenvalue weighted by molar-refractivity contribution is 7.95. The van der Waals surface area contributed by atoms with Gasteiger partial charge in [0.15, 0.2) is 0 Å². The molecule has 0 bridgehead atoms. The van der Waals surface area contributed by atoms with Gasteiger partial charge < -0.3 is 9.64 Å². The van der Waals surface area contributed by atoms with Crippen molar-refractivity contribution in [3.8, 4) is 0 Å². The number of nitrogens with zero attached hydrogens (tertiary/aromatic N) is 1. The third-order valence-corrected chi connectivity index (χ3v) is 4.09. The molecule has 0 N–H and O–H groups in total. The standard InChI is InChI=1S/C14H17NO4S/c1-15(2)11-13(9-10-14(16)19-3)20(17,18)12-7-5-4-6-8-12/h4-11H,1-3H3. The number of hydrogen-bond acceptors (Lipinski definition) is 5. The van der Waals surface area contributed by atoms with Gasteiger partial charge in [-0.25, -0.2) is 13.2 Å². The average Bonchev–Trinajstić information content (AvgIpc) is 2.43. The summed E-state index contributed by atoms with van der Waals surface area (Å²) in [5.74, 6) is -0.613. The molecule has 1 aromatic carbocycles. The van der Waals surface area contributed by atoms with Crippen LogP contribution in [0.15, 0.2) is 58.5 Å². The summed E-state index contributed by atoms with van der Waals surface area (Å²) in [6.07, 6.45) is 3.74. The molecule has 0 heterocycles. The highest BCUT2D eigenvalue weighted by Crippen LogP contribution is 2.20. The summed E-state index contributed by atoms with van der Waals surface area (Å²) in [5.41, 5.74) is 0. The first kappa shape index (κ1) is 16.0. The SMILES string of the molecule is COC(=O)C=CC(=CN(C)C)S(=O)(=O)c1ccccc1. The minimum Gasteiger partial charge on any atom is -0.466 e. The quantitative estimate of drug-likeness (QED) is 0.469. The Labute approximate surface area is 119 Å². The van der Waals surface area contributed by atoms with Gasteiger partial charge >= 0.3 is 5.97 Å². The molecule has 0 fully saturated rings. The van der Waals surface area contributed by atoms with Gasteiger partial charge in [-0.3, -0.25) is 0 Å². The summed E-state index contributed by atoms with van der Waals surface area (Å²) < 4.78 is 29.4. The summed E-state index contributed by atoms with van der Waals surface area (Å²) in [5, 5.41) is 0. The van der Waals surface area contributed by atoms with E-state index < -0.39 is 15.8 Å². The Morgan fingerprint density at radius 2 is 1.75 bits per heavy atom. The van der Waals surface area contributed by atoms with Gasteiger partial charge in [0, 0.05) is 26.4 Å². The smallest absolute Gasteiger partial charge is 0.330 e. The van der Waals surface area contributed by atoms with E-state index in [4.69, 9.17) is 0 Å². The van der Waals surface area contributed by atoms with Gasteiger partial charge in [-0.1, -0.05) is 18.2 Å². The van der Waals surface area contributed by atoms with Crippen molar-refractivity contribution in [3.63, 3.8) is 0 Å². The lowest BCUT2D eigenvalue weighted by molar-refractivity contribution is -0.134. The Morgan fingerprint density at radius 3 is 2.25 bits per heavy atom. The number of sulfone groups is 1. The van der Waals surface area contributed by atoms with E-state index in [2.05, 4.69) is 4.74 Å². The molecular weight excluding hydrogens is 278 g/mol. The fourth-order valence-corrected chi connectivity index (χ4v) is 2.79. The third-order valence-electron chi connectivity index (χ3n) is 2.33. The average molecular weight is 295 g/mol. The largest absolute Gasteiger partial charge is 0.466 e. The van der Waals surface area contributed by atoms with Crippen molar-refractivity contribution in [2.24, 2.45) is 0 Å². The second-order valence-electron chi connectivity index (χ2n) is 4.17. The first-order valence-electron chi connectivity index (χ1n) is 5.82. The number of esters is 1. The summed E-state index contributed by atoms with van der Waals surface area (Å²) in [7, 11) is 0.956. The fourth-order valence-electron chi connectivity index (χ4n) is 1.41. The van der Waals surface area contributed by atoms with Crippen LogP contribution in [0.4, 0.5) is 0 Å². The number of rotatable bonds is 5. The number of benzene rings is 1. The normalized spacial score (nSPS) is 12.4. The highest BCUT2D eigenvalue weighted by Gasteiger charge is 2.18. The zero-order chi connectivity index (χ0) is 15.2. The Morgan fingerprint density at radius 1 is 1.15 bits per heavy atom. The molecule has 0 spiro atoms. The third kappa shape index (κ3) is 4.24. The molecule has 0 unspecified atom stereocenters. The van der Waals surface area contributed by atoms with Gasteiger partial charge in [0.05, 0.1) is 16.9 Å². The van der Waals surface area contributed by atoms with E-state index in [0.29, 0.717) is 0 Å². The number of carbonyl (C=O) groups excluding carboxylic acids is 1. The maximum atomic E-state index is 12.5. The minimum atomic E-state index is -3.68. The first-order valence-corrected chi connectivity index (χ1v) is 7.30. The molecule has 1 aromatic rings. The summed E-state index contributed by atoms with van der Waals surface area (Å²) >= 11 is 0. The predicted molar refractivity (Wildman–Crippen MR) is 76.6 cm³/mol. The van der Waals surface area contributed by atoms with E-state index in [-0.39, 0.29) is 9.80 Å². The second-order valence-corrected chi connectivity index (χ2v) is 6.12. The lowest BCUT2D eigenvalue weighted by Crippen LogP contribution is -2.10. The van der Waals surface area contributed by atoms with Gasteiger partial charge in [0.1, 0.15) is 0 Å². The van der Waals surface area contributed by atoms with Crippen LogP contribution >= 0.6 is 0 Å². The number of methoxy groups -OCH3 is 1. The zero-order valence-corrected chi connectivity index (χ0v) is 12.4. The summed E-state index contributed by atoms with van der Waals surface area (Å²) in [6.45, 7) is 0. The molecule has 20 heavy (non-hydrogen) atoms. The van der Waals surface area contributed by atoms with Crippen LogP contribution in [-0.2, 0) is 19.4 Å². The van der Waals surface area contributed by atoms with Gasteiger partial charge in [-0.2, -0.15) is 0 Å². The van der Waals surface area contributed by atoms with Crippen LogP contribution < -0.4 is 0 Å². The molecule has 0 aliphatic heterocycles. The molecule has 1 rings (SSSR count). The number of ether oxygens (including phenoxy) is 1. The Bertz CT molecular complexity index is 616. The number of hydrogen-bond donors (Lipinski definition) is 0. The van der Waals surface area contributed by atoms with Crippen molar-refractivity contribution >= 4 is 15.8 Å². The van der Waals surface area contributed by atoms with Gasteiger partial charge in [-0.05, 0) is 18.2 Å². The molecule has 0 saturated carbocycles. The molecule has 5 nitrogen and oxygen atoms in total. The Hall–Kier alpha value is -2.08. The van der Waals surface area contributed by atoms with Gasteiger partial charge in [-0.15, -0.1) is 0 Å². The lowest BCUT2D eigenvalue weighted by atomic mass is 10.4. The molecule has 0 atom stereocenters. The molecule has 0 amide bonds. The monoisotopic (exact) mass is 295 g/mol. The minimum absolute atomic E-state index is 0.0131. The topological polar surface area (TPSA) is 63.7 Å². The van der Waals surface area contributed by atoms with Crippen molar-refractivity contribution in [1.29, 1.82) is 0 Å². The highest BCUT2D eigenvalue weighted by atomic mass is 32.2. The van der Waals surface area contributed by atoms with Gasteiger partial charge in [0.2, 0.25) is 9.84 Å². The molecule has 108 valence electrons. The van der Waals surface area contributed by atoms with Crippen molar-refractivity contribution < 1.29 is 17.9 Å². The van der Waals surface area contributed by atoms with Crippen LogP contribution in [0.25, 0.3) is 0 Å². The zero-order valence-electron chi connectivity index (χ0n) is 11.6. The summed E-state index contributed by atoms with van der Waals surface area (Å²) in [6, 6.07) is 8.03. The maximum absolute atomic E-state index is 12.5. The number of carbonyl (C=O) groups is 1. The van der Waals surface area contributed by atoms with Crippen molar-refractivity contribution in [1.82, 2.24) is 4.90 Å². The van der Waals surface area contributed by atoms with Gasteiger partial charge in [0.25, 0.3) is 0 Å². The van der Waals surface area contributed by atoms with Crippen molar-refractivity contribution in [3.05, 3.63) is 53.6 Å². The van der Waals surface area contributed by atoms with E-state index >= 15 is 0 Å². The number of allylic oxidation sites excluding steroid dienone is 1. The van der Waals surface area contributed by atoms with Crippen LogP contribution in [0, 0.1) is 0 Å². The molecule has 0 radical (unpaired) electrons. The van der Waals surface area contributed by atoms with E-state index in [9.17, 15) is 13.2 Å². The van der Waals surface area contributed by atoms with Crippen LogP contribution in [-0.4, -0.2) is 40.5 Å². The first-order chi connectivity index (χ1) is 9.37. The lowest BCUT2D eigenvalue weighted by Gasteiger charge is -2.10. The van der Waals surface area contributed by atoms with E-state index in [1.54, 1.807) is 37.2 Å². The van der Waals surface area contributed by atoms with E-state index in [1.165, 1.54) is 31.5 Å². The Kier molecular flexibility index (Phi) is 5.52. The van der Waals surface area contributed by atoms with Crippen LogP contribution in [0.2, 0.25) is 0 Å². The Balaban J connectivity index is 3.25. The molecule has 6 heteroatoms. The molecular formula is C14H17NO4S. The van der Waals surface area contributed by atoms with E-state index in [0.717, 1.165) is 6.08 Å². The van der Waals surface area contributed by atoms with Crippen LogP contribution in [0.5, 0.6) is 0 Å². The molecule has 0 aromatic heterocycles. The second kappa shape index (κ2) is 6.91. The van der Waals surface area contributed by atoms with Crippen LogP contribution in [0.1, 0.15) is 0 Å². The summed E-state index contributed by atoms with van der Waals surface area (Å²) in [4.78, 5) is 12.9.